The number of amides is 1. The van der Waals surface area contributed by atoms with Crippen LogP contribution in [0.3, 0.4) is 0 Å². The van der Waals surface area contributed by atoms with Crippen molar-refractivity contribution in [2.75, 3.05) is 0 Å². The highest BCUT2D eigenvalue weighted by atomic mass is 16.2. The summed E-state index contributed by atoms with van der Waals surface area (Å²) in [6, 6.07) is -0.0417. The number of carbonyl (C=O) groups is 2. The van der Waals surface area contributed by atoms with Crippen LogP contribution >= 0.6 is 0 Å². The fourth-order valence-electron chi connectivity index (χ4n) is 3.23. The Kier molecular flexibility index (Phi) is 1.75. The Morgan fingerprint density at radius 3 is 2.80 bits per heavy atom. The first-order chi connectivity index (χ1) is 7.22. The lowest BCUT2D eigenvalue weighted by atomic mass is 9.83. The van der Waals surface area contributed by atoms with E-state index in [0.29, 0.717) is 0 Å². The van der Waals surface area contributed by atoms with Crippen LogP contribution in [0.4, 0.5) is 0 Å². The van der Waals surface area contributed by atoms with Crippen LogP contribution in [0.15, 0.2) is 4.99 Å². The van der Waals surface area contributed by atoms with Gasteiger partial charge in [0.15, 0.2) is 0 Å². The van der Waals surface area contributed by atoms with Crippen LogP contribution in [0.25, 0.3) is 0 Å². The number of Topliss-reactive ketones (excluding diaryl/α,β-unsaturated/α-hetero) is 1. The number of fused-ring (bicyclic) bond motifs is 5. The van der Waals surface area contributed by atoms with Crippen molar-refractivity contribution in [2.45, 2.75) is 32.2 Å². The maximum absolute atomic E-state index is 11.8. The van der Waals surface area contributed by atoms with Gasteiger partial charge in [0, 0.05) is 18.3 Å². The smallest absolute Gasteiger partial charge is 0.231 e. The summed E-state index contributed by atoms with van der Waals surface area (Å²) in [5, 5.41) is 2.80. The van der Waals surface area contributed by atoms with Crippen LogP contribution in [-0.4, -0.2) is 23.6 Å². The molecule has 2 bridgehead atoms. The molecule has 4 heteroatoms. The first kappa shape index (κ1) is 9.07. The van der Waals surface area contributed by atoms with Crippen molar-refractivity contribution in [1.82, 2.24) is 5.32 Å². The van der Waals surface area contributed by atoms with Gasteiger partial charge in [0.25, 0.3) is 0 Å². The number of hydrogen-bond donors (Lipinski definition) is 1. The summed E-state index contributed by atoms with van der Waals surface area (Å²) >= 11 is 0. The van der Waals surface area contributed by atoms with Gasteiger partial charge in [0.05, 0.1) is 12.0 Å². The second kappa shape index (κ2) is 2.90. The lowest BCUT2D eigenvalue weighted by Gasteiger charge is -2.30. The zero-order valence-electron chi connectivity index (χ0n) is 8.69. The minimum atomic E-state index is -0.161. The maximum Gasteiger partial charge on any atom is 0.231 e. The van der Waals surface area contributed by atoms with E-state index >= 15 is 0 Å². The fraction of sp³-hybridized carbons (Fsp3) is 0.727. The maximum atomic E-state index is 11.8. The highest BCUT2D eigenvalue weighted by molar-refractivity contribution is 6.06. The van der Waals surface area contributed by atoms with Crippen LogP contribution < -0.4 is 5.32 Å². The Bertz CT molecular complexity index is 375. The van der Waals surface area contributed by atoms with Gasteiger partial charge in [-0.15, -0.1) is 0 Å². The van der Waals surface area contributed by atoms with Gasteiger partial charge < -0.3 is 5.32 Å². The zero-order valence-corrected chi connectivity index (χ0v) is 8.69. The molecule has 0 aromatic rings. The van der Waals surface area contributed by atoms with Crippen LogP contribution in [0.5, 0.6) is 0 Å². The van der Waals surface area contributed by atoms with Crippen molar-refractivity contribution < 1.29 is 9.59 Å². The second-order valence-electron chi connectivity index (χ2n) is 4.63. The van der Waals surface area contributed by atoms with E-state index in [0.717, 1.165) is 25.1 Å². The van der Waals surface area contributed by atoms with E-state index in [9.17, 15) is 9.59 Å². The van der Waals surface area contributed by atoms with Crippen molar-refractivity contribution >= 4 is 17.5 Å². The molecule has 2 saturated carbocycles. The summed E-state index contributed by atoms with van der Waals surface area (Å²) in [5.41, 5.74) is 0. The molecule has 0 unspecified atom stereocenters. The Labute approximate surface area is 88.1 Å². The summed E-state index contributed by atoms with van der Waals surface area (Å²) in [4.78, 5) is 28.2. The van der Waals surface area contributed by atoms with Gasteiger partial charge in [-0.2, -0.15) is 0 Å². The minimum absolute atomic E-state index is 0.0207. The second-order valence-corrected chi connectivity index (χ2v) is 4.63. The molecule has 15 heavy (non-hydrogen) atoms. The zero-order chi connectivity index (χ0) is 10.6. The Morgan fingerprint density at radius 2 is 2.07 bits per heavy atom. The van der Waals surface area contributed by atoms with Crippen molar-refractivity contribution in [3.63, 3.8) is 0 Å². The lowest BCUT2D eigenvalue weighted by Crippen LogP contribution is -2.47. The summed E-state index contributed by atoms with van der Waals surface area (Å²) in [7, 11) is 0. The molecule has 1 heterocycles. The standard InChI is InChI=1S/C11H14N2O2/c1-2-7-12-9-6-4-3-5(10(6)14)8(9)11(15)13-7/h5-6,8-9H,2-4H2,1H3,(H,12,13,15)/t5-,6+,8+,9-/m0/s1. The van der Waals surface area contributed by atoms with Gasteiger partial charge >= 0.3 is 0 Å². The summed E-state index contributed by atoms with van der Waals surface area (Å²) < 4.78 is 0. The van der Waals surface area contributed by atoms with Gasteiger partial charge in [-0.25, -0.2) is 0 Å². The third kappa shape index (κ3) is 1.05. The third-order valence-electron chi connectivity index (χ3n) is 3.94. The van der Waals surface area contributed by atoms with E-state index in [-0.39, 0.29) is 35.5 Å². The molecular formula is C11H14N2O2. The molecule has 2 aliphatic carbocycles. The summed E-state index contributed by atoms with van der Waals surface area (Å²) in [5.74, 6) is 0.886. The van der Waals surface area contributed by atoms with Gasteiger partial charge in [0.1, 0.15) is 11.6 Å². The normalized spacial score (nSPS) is 42.6. The number of nitrogens with one attached hydrogen (secondary N) is 1. The topological polar surface area (TPSA) is 58.5 Å². The van der Waals surface area contributed by atoms with Gasteiger partial charge in [-0.3, -0.25) is 14.6 Å². The lowest BCUT2D eigenvalue weighted by molar-refractivity contribution is -0.128. The number of hydrogen-bond acceptors (Lipinski definition) is 3. The van der Waals surface area contributed by atoms with E-state index in [1.807, 2.05) is 6.92 Å². The molecule has 0 aromatic heterocycles. The van der Waals surface area contributed by atoms with Crippen LogP contribution in [0.1, 0.15) is 26.2 Å². The molecular weight excluding hydrogens is 192 g/mol. The van der Waals surface area contributed by atoms with Gasteiger partial charge in [-0.05, 0) is 12.8 Å². The molecule has 0 aromatic carbocycles. The van der Waals surface area contributed by atoms with Crippen molar-refractivity contribution in [2.24, 2.45) is 22.7 Å². The van der Waals surface area contributed by atoms with Crippen molar-refractivity contribution in [3.05, 3.63) is 0 Å². The number of aliphatic imine (C=N–C) groups is 1. The Hall–Kier alpha value is -1.19. The highest BCUT2D eigenvalue weighted by Crippen LogP contribution is 2.48. The monoisotopic (exact) mass is 206 g/mol. The average molecular weight is 206 g/mol. The van der Waals surface area contributed by atoms with Crippen LogP contribution in [-0.2, 0) is 9.59 Å². The fourth-order valence-corrected chi connectivity index (χ4v) is 3.23. The number of ketones is 1. The van der Waals surface area contributed by atoms with E-state index in [1.165, 1.54) is 0 Å². The minimum Gasteiger partial charge on any atom is -0.314 e. The Morgan fingerprint density at radius 1 is 1.33 bits per heavy atom. The predicted molar refractivity (Wildman–Crippen MR) is 54.4 cm³/mol. The first-order valence-corrected chi connectivity index (χ1v) is 5.63. The molecule has 0 saturated heterocycles. The van der Waals surface area contributed by atoms with Gasteiger partial charge in [0.2, 0.25) is 5.91 Å². The van der Waals surface area contributed by atoms with Gasteiger partial charge in [-0.1, -0.05) is 6.92 Å². The molecule has 1 amide bonds. The molecule has 4 atom stereocenters. The van der Waals surface area contributed by atoms with E-state index in [2.05, 4.69) is 10.3 Å². The van der Waals surface area contributed by atoms with Crippen molar-refractivity contribution in [3.8, 4) is 0 Å². The largest absolute Gasteiger partial charge is 0.314 e. The summed E-state index contributed by atoms with van der Waals surface area (Å²) in [6.45, 7) is 1.97. The molecule has 0 radical (unpaired) electrons. The summed E-state index contributed by atoms with van der Waals surface area (Å²) in [6.07, 6.45) is 2.55. The predicted octanol–water partition coefficient (Wildman–Crippen LogP) is 0.518. The average Bonchev–Trinajstić information content (AvgIpc) is 2.72. The molecule has 1 aliphatic heterocycles. The van der Waals surface area contributed by atoms with Crippen LogP contribution in [0.2, 0.25) is 0 Å². The quantitative estimate of drug-likeness (QED) is 0.680. The van der Waals surface area contributed by atoms with Crippen LogP contribution in [0, 0.1) is 17.8 Å². The number of rotatable bonds is 1. The molecule has 2 fully saturated rings. The SMILES string of the molecule is CCC1=N[C@@H]2[C@H](C(=O)N1)[C@@H]1CC[C@H]2C1=O. The molecule has 80 valence electrons. The number of carbonyl (C=O) groups excluding carboxylic acids is 2. The third-order valence-corrected chi connectivity index (χ3v) is 3.94. The van der Waals surface area contributed by atoms with E-state index in [4.69, 9.17) is 0 Å². The molecule has 3 aliphatic rings. The number of amidine groups is 1. The number of nitrogens with zero attached hydrogens (tertiary/aromatic N) is 1. The Balaban J connectivity index is 2.01. The van der Waals surface area contributed by atoms with E-state index < -0.39 is 0 Å². The molecule has 0 spiro atoms. The van der Waals surface area contributed by atoms with Crippen molar-refractivity contribution in [1.29, 1.82) is 0 Å². The van der Waals surface area contributed by atoms with E-state index in [1.54, 1.807) is 0 Å². The molecule has 3 rings (SSSR count). The highest BCUT2D eigenvalue weighted by Gasteiger charge is 2.58. The molecule has 4 nitrogen and oxygen atoms in total. The first-order valence-electron chi connectivity index (χ1n) is 5.63. The molecule has 1 N–H and O–H groups in total.